The summed E-state index contributed by atoms with van der Waals surface area (Å²) >= 11 is 0. The van der Waals surface area contributed by atoms with Crippen molar-refractivity contribution in [1.82, 2.24) is 10.6 Å². The Morgan fingerprint density at radius 2 is 1.67 bits per heavy atom. The van der Waals surface area contributed by atoms with Crippen LogP contribution in [0.4, 0.5) is 4.79 Å². The highest BCUT2D eigenvalue weighted by atomic mass is 16.4. The van der Waals surface area contributed by atoms with Gasteiger partial charge in [0, 0.05) is 6.04 Å². The Balaban J connectivity index is 2.67. The van der Waals surface area contributed by atoms with Crippen molar-refractivity contribution in [3.05, 3.63) is 0 Å². The number of hydrogen-bond acceptors (Lipinski definition) is 2. The van der Waals surface area contributed by atoms with Crippen LogP contribution in [0.1, 0.15) is 60.8 Å². The number of carboxylic acid groups (broad SMARTS) is 1. The maximum Gasteiger partial charge on any atom is 0.315 e. The molecule has 0 saturated heterocycles. The van der Waals surface area contributed by atoms with Crippen molar-refractivity contribution in [2.75, 3.05) is 0 Å². The molecule has 1 fully saturated rings. The average Bonchev–Trinajstić information content (AvgIpc) is 2.33. The summed E-state index contributed by atoms with van der Waals surface area (Å²) in [5, 5.41) is 15.2. The molecular formula is C16H30N2O3. The van der Waals surface area contributed by atoms with Crippen LogP contribution in [0.15, 0.2) is 0 Å². The lowest BCUT2D eigenvalue weighted by Gasteiger charge is -2.40. The minimum Gasteiger partial charge on any atom is -0.481 e. The lowest BCUT2D eigenvalue weighted by atomic mass is 9.74. The Hall–Kier alpha value is -1.26. The van der Waals surface area contributed by atoms with E-state index in [4.69, 9.17) is 0 Å². The molecule has 5 nitrogen and oxygen atoms in total. The van der Waals surface area contributed by atoms with Crippen LogP contribution in [0.3, 0.4) is 0 Å². The lowest BCUT2D eigenvalue weighted by Crippen LogP contribution is -2.60. The molecule has 1 rings (SSSR count). The summed E-state index contributed by atoms with van der Waals surface area (Å²) in [6, 6.07) is -0.113. The van der Waals surface area contributed by atoms with E-state index in [0.717, 1.165) is 12.8 Å². The molecule has 0 aromatic heterocycles. The van der Waals surface area contributed by atoms with Gasteiger partial charge in [-0.1, -0.05) is 26.7 Å². The van der Waals surface area contributed by atoms with E-state index >= 15 is 0 Å². The maximum absolute atomic E-state index is 12.2. The van der Waals surface area contributed by atoms with E-state index in [9.17, 15) is 14.7 Å². The highest BCUT2D eigenvalue weighted by Crippen LogP contribution is 2.31. The van der Waals surface area contributed by atoms with Crippen molar-refractivity contribution in [2.45, 2.75) is 72.4 Å². The van der Waals surface area contributed by atoms with Gasteiger partial charge in [-0.05, 0) is 46.0 Å². The number of carbonyl (C=O) groups excluding carboxylic acids is 1. The first-order chi connectivity index (χ1) is 9.49. The van der Waals surface area contributed by atoms with Crippen LogP contribution in [0, 0.1) is 17.3 Å². The highest BCUT2D eigenvalue weighted by molar-refractivity contribution is 5.79. The van der Waals surface area contributed by atoms with E-state index < -0.39 is 16.9 Å². The van der Waals surface area contributed by atoms with Gasteiger partial charge in [0.1, 0.15) is 0 Å². The minimum absolute atomic E-state index is 0.164. The third kappa shape index (κ3) is 3.89. The molecule has 0 aliphatic heterocycles. The molecule has 2 amide bonds. The second-order valence-corrected chi connectivity index (χ2v) is 7.53. The zero-order valence-corrected chi connectivity index (χ0v) is 14.1. The molecule has 3 atom stereocenters. The SMILES string of the molecule is CC1CCCC(NC(=O)NC(C)(C)C(C)(C)C(=O)O)C1C. The van der Waals surface area contributed by atoms with Crippen molar-refractivity contribution in [1.29, 1.82) is 0 Å². The first kappa shape index (κ1) is 17.8. The predicted octanol–water partition coefficient (Wildman–Crippen LogP) is 3.00. The molecule has 1 aliphatic carbocycles. The summed E-state index contributed by atoms with van der Waals surface area (Å²) in [6.07, 6.45) is 3.32. The average molecular weight is 298 g/mol. The third-order valence-corrected chi connectivity index (χ3v) is 5.55. The van der Waals surface area contributed by atoms with Crippen LogP contribution in [0.25, 0.3) is 0 Å². The molecular weight excluding hydrogens is 268 g/mol. The Bertz CT molecular complexity index is 404. The fourth-order valence-corrected chi connectivity index (χ4v) is 2.70. The van der Waals surface area contributed by atoms with Crippen LogP contribution in [-0.4, -0.2) is 28.7 Å². The number of hydrogen-bond donors (Lipinski definition) is 3. The van der Waals surface area contributed by atoms with Crippen molar-refractivity contribution in [2.24, 2.45) is 17.3 Å². The number of aliphatic carboxylic acids is 1. The smallest absolute Gasteiger partial charge is 0.315 e. The topological polar surface area (TPSA) is 78.4 Å². The number of amides is 2. The molecule has 0 aromatic rings. The van der Waals surface area contributed by atoms with E-state index in [1.165, 1.54) is 6.42 Å². The second-order valence-electron chi connectivity index (χ2n) is 7.53. The van der Waals surface area contributed by atoms with Crippen molar-refractivity contribution in [3.63, 3.8) is 0 Å². The number of urea groups is 1. The molecule has 21 heavy (non-hydrogen) atoms. The monoisotopic (exact) mass is 298 g/mol. The normalized spacial score (nSPS) is 27.0. The fraction of sp³-hybridized carbons (Fsp3) is 0.875. The first-order valence-corrected chi connectivity index (χ1v) is 7.81. The molecule has 0 heterocycles. The van der Waals surface area contributed by atoms with Gasteiger partial charge < -0.3 is 15.7 Å². The van der Waals surface area contributed by atoms with Crippen LogP contribution in [0.5, 0.6) is 0 Å². The first-order valence-electron chi connectivity index (χ1n) is 7.81. The molecule has 122 valence electrons. The minimum atomic E-state index is -1.05. The molecule has 0 spiro atoms. The van der Waals surface area contributed by atoms with Crippen molar-refractivity contribution in [3.8, 4) is 0 Å². The van der Waals surface area contributed by atoms with Gasteiger partial charge >= 0.3 is 12.0 Å². The van der Waals surface area contributed by atoms with E-state index in [2.05, 4.69) is 24.5 Å². The van der Waals surface area contributed by atoms with E-state index in [1.807, 2.05) is 0 Å². The van der Waals surface area contributed by atoms with Gasteiger partial charge in [-0.25, -0.2) is 4.79 Å². The van der Waals surface area contributed by atoms with Gasteiger partial charge in [0.25, 0.3) is 0 Å². The summed E-state index contributed by atoms with van der Waals surface area (Å²) < 4.78 is 0. The quantitative estimate of drug-likeness (QED) is 0.746. The molecule has 1 saturated carbocycles. The largest absolute Gasteiger partial charge is 0.481 e. The van der Waals surface area contributed by atoms with Crippen LogP contribution >= 0.6 is 0 Å². The Kier molecular flexibility index (Phi) is 5.29. The zero-order chi connectivity index (χ0) is 16.4. The Labute approximate surface area is 127 Å². The molecule has 3 unspecified atom stereocenters. The van der Waals surface area contributed by atoms with Gasteiger partial charge in [0.05, 0.1) is 11.0 Å². The summed E-state index contributed by atoms with van der Waals surface area (Å²) in [5.74, 6) is 0.125. The third-order valence-electron chi connectivity index (χ3n) is 5.55. The molecule has 0 radical (unpaired) electrons. The maximum atomic E-state index is 12.2. The van der Waals surface area contributed by atoms with Gasteiger partial charge in [-0.3, -0.25) is 4.79 Å². The van der Waals surface area contributed by atoms with Crippen LogP contribution in [-0.2, 0) is 4.79 Å². The van der Waals surface area contributed by atoms with Crippen LogP contribution < -0.4 is 10.6 Å². The standard InChI is InChI=1S/C16H30N2O3/c1-10-8-7-9-12(11(10)2)17-14(21)18-16(5,6)15(3,4)13(19)20/h10-12H,7-9H2,1-6H3,(H,19,20)(H2,17,18,21). The Morgan fingerprint density at radius 3 is 2.19 bits per heavy atom. The molecule has 0 bridgehead atoms. The van der Waals surface area contributed by atoms with E-state index in [-0.39, 0.29) is 12.1 Å². The van der Waals surface area contributed by atoms with Gasteiger partial charge in [0.15, 0.2) is 0 Å². The van der Waals surface area contributed by atoms with Crippen LogP contribution in [0.2, 0.25) is 0 Å². The Morgan fingerprint density at radius 1 is 1.10 bits per heavy atom. The van der Waals surface area contributed by atoms with Gasteiger partial charge in [-0.15, -0.1) is 0 Å². The summed E-state index contributed by atoms with van der Waals surface area (Å²) in [4.78, 5) is 23.6. The fourth-order valence-electron chi connectivity index (χ4n) is 2.70. The molecule has 5 heteroatoms. The summed E-state index contributed by atoms with van der Waals surface area (Å²) in [5.41, 5.74) is -1.89. The molecule has 0 aromatic carbocycles. The summed E-state index contributed by atoms with van der Waals surface area (Å²) in [7, 11) is 0. The molecule has 1 aliphatic rings. The van der Waals surface area contributed by atoms with E-state index in [0.29, 0.717) is 11.8 Å². The van der Waals surface area contributed by atoms with Crippen molar-refractivity contribution >= 4 is 12.0 Å². The lowest BCUT2D eigenvalue weighted by molar-refractivity contribution is -0.150. The zero-order valence-electron chi connectivity index (χ0n) is 14.1. The second kappa shape index (κ2) is 6.24. The summed E-state index contributed by atoms with van der Waals surface area (Å²) in [6.45, 7) is 11.1. The van der Waals surface area contributed by atoms with Crippen molar-refractivity contribution < 1.29 is 14.7 Å². The molecule has 3 N–H and O–H groups in total. The number of nitrogens with one attached hydrogen (secondary N) is 2. The van der Waals surface area contributed by atoms with Gasteiger partial charge in [-0.2, -0.15) is 0 Å². The number of carbonyl (C=O) groups is 2. The number of carboxylic acids is 1. The van der Waals surface area contributed by atoms with Gasteiger partial charge in [0.2, 0.25) is 0 Å². The predicted molar refractivity (Wildman–Crippen MR) is 83.1 cm³/mol. The van der Waals surface area contributed by atoms with E-state index in [1.54, 1.807) is 27.7 Å². The highest BCUT2D eigenvalue weighted by Gasteiger charge is 2.44. The number of rotatable bonds is 4.